The van der Waals surface area contributed by atoms with Gasteiger partial charge in [0, 0.05) is 23.6 Å². The van der Waals surface area contributed by atoms with E-state index in [0.29, 0.717) is 17.8 Å². The fourth-order valence-electron chi connectivity index (χ4n) is 4.95. The lowest BCUT2D eigenvalue weighted by molar-refractivity contribution is 0.286. The first-order valence-corrected chi connectivity index (χ1v) is 10.5. The molecule has 1 fully saturated rings. The number of H-pyrrole nitrogens is 1. The Bertz CT molecular complexity index is 1280. The first-order valence-electron chi connectivity index (χ1n) is 10.5. The molecule has 0 amide bonds. The van der Waals surface area contributed by atoms with E-state index in [1.165, 1.54) is 6.07 Å². The number of imidazole rings is 1. The lowest BCUT2D eigenvalue weighted by Crippen LogP contribution is -2.19. The van der Waals surface area contributed by atoms with Gasteiger partial charge < -0.3 is 4.98 Å². The molecule has 4 aromatic rings. The molecule has 3 nitrogen and oxygen atoms in total. The van der Waals surface area contributed by atoms with Gasteiger partial charge in [0.05, 0.1) is 5.52 Å². The van der Waals surface area contributed by atoms with Gasteiger partial charge in [0.1, 0.15) is 22.7 Å². The Morgan fingerprint density at radius 3 is 2.52 bits per heavy atom. The number of hydrogen-bond acceptors (Lipinski definition) is 2. The minimum absolute atomic E-state index is 0.0539. The van der Waals surface area contributed by atoms with Gasteiger partial charge in [0.15, 0.2) is 17.5 Å². The van der Waals surface area contributed by atoms with E-state index in [-0.39, 0.29) is 28.7 Å². The summed E-state index contributed by atoms with van der Waals surface area (Å²) >= 11 is 0. The van der Waals surface area contributed by atoms with Gasteiger partial charge in [-0.1, -0.05) is 6.92 Å². The zero-order chi connectivity index (χ0) is 21.7. The Balaban J connectivity index is 1.36. The van der Waals surface area contributed by atoms with E-state index in [4.69, 9.17) is 0 Å². The summed E-state index contributed by atoms with van der Waals surface area (Å²) in [6.07, 6.45) is 5.41. The smallest absolute Gasteiger partial charge is 0.184 e. The van der Waals surface area contributed by atoms with Crippen LogP contribution in [-0.4, -0.2) is 15.0 Å². The maximum atomic E-state index is 14.0. The third kappa shape index (κ3) is 3.46. The summed E-state index contributed by atoms with van der Waals surface area (Å²) in [4.78, 5) is 11.4. The van der Waals surface area contributed by atoms with Crippen molar-refractivity contribution in [2.45, 2.75) is 44.4 Å². The maximum absolute atomic E-state index is 14.0. The van der Waals surface area contributed by atoms with Crippen molar-refractivity contribution >= 4 is 21.9 Å². The minimum Gasteiger partial charge on any atom is -0.339 e. The monoisotopic (exact) mass is 427 g/mol. The highest BCUT2D eigenvalue weighted by molar-refractivity contribution is 5.82. The predicted molar refractivity (Wildman–Crippen MR) is 111 cm³/mol. The Hall–Kier alpha value is -2.96. The molecule has 160 valence electrons. The number of aromatic amines is 1. The molecule has 7 heteroatoms. The van der Waals surface area contributed by atoms with Crippen LogP contribution >= 0.6 is 0 Å². The number of nitrogens with one attached hydrogen (secondary N) is 1. The molecule has 2 aromatic heterocycles. The zero-order valence-electron chi connectivity index (χ0n) is 16.9. The number of aromatic nitrogens is 3. The van der Waals surface area contributed by atoms with E-state index in [1.807, 2.05) is 13.0 Å². The molecule has 1 atom stereocenters. The van der Waals surface area contributed by atoms with E-state index < -0.39 is 17.5 Å². The molecule has 0 bridgehead atoms. The highest BCUT2D eigenvalue weighted by Gasteiger charge is 2.30. The molecule has 0 radical (unpaired) electrons. The van der Waals surface area contributed by atoms with E-state index in [2.05, 4.69) is 15.0 Å². The van der Waals surface area contributed by atoms with Crippen molar-refractivity contribution < 1.29 is 17.6 Å². The van der Waals surface area contributed by atoms with Gasteiger partial charge in [-0.3, -0.25) is 4.98 Å². The van der Waals surface area contributed by atoms with Crippen molar-refractivity contribution in [3.8, 4) is 0 Å². The van der Waals surface area contributed by atoms with Crippen molar-refractivity contribution in [1.29, 1.82) is 0 Å². The molecule has 5 rings (SSSR count). The van der Waals surface area contributed by atoms with Crippen LogP contribution in [0.5, 0.6) is 0 Å². The van der Waals surface area contributed by atoms with Crippen molar-refractivity contribution in [2.24, 2.45) is 5.92 Å². The van der Waals surface area contributed by atoms with Crippen LogP contribution in [-0.2, 0) is 0 Å². The van der Waals surface area contributed by atoms with Gasteiger partial charge in [0.2, 0.25) is 0 Å². The lowest BCUT2D eigenvalue weighted by atomic mass is 9.73. The van der Waals surface area contributed by atoms with Crippen molar-refractivity contribution in [1.82, 2.24) is 15.0 Å². The summed E-state index contributed by atoms with van der Waals surface area (Å²) in [5.41, 5.74) is 1.50. The van der Waals surface area contributed by atoms with Crippen LogP contribution in [0.15, 0.2) is 36.5 Å². The molecule has 1 aliphatic rings. The van der Waals surface area contributed by atoms with Gasteiger partial charge >= 0.3 is 0 Å². The van der Waals surface area contributed by atoms with Crippen LogP contribution in [0.2, 0.25) is 0 Å². The molecule has 0 saturated heterocycles. The van der Waals surface area contributed by atoms with E-state index in [9.17, 15) is 17.6 Å². The van der Waals surface area contributed by atoms with Crippen LogP contribution in [0, 0.1) is 29.2 Å². The van der Waals surface area contributed by atoms with Crippen molar-refractivity contribution in [2.75, 3.05) is 0 Å². The second kappa shape index (κ2) is 7.62. The number of nitrogens with zero attached hydrogens (tertiary/aromatic N) is 2. The molecule has 0 unspecified atom stereocenters. The predicted octanol–water partition coefficient (Wildman–Crippen LogP) is 6.75. The van der Waals surface area contributed by atoms with Crippen LogP contribution in [0.1, 0.15) is 55.8 Å². The molecule has 1 aliphatic carbocycles. The molecule has 1 N–H and O–H groups in total. The van der Waals surface area contributed by atoms with Gasteiger partial charge in [-0.2, -0.15) is 0 Å². The van der Waals surface area contributed by atoms with Gasteiger partial charge in [-0.05, 0) is 67.3 Å². The van der Waals surface area contributed by atoms with Crippen LogP contribution < -0.4 is 0 Å². The molecule has 2 heterocycles. The lowest BCUT2D eigenvalue weighted by Gasteiger charge is -2.32. The largest absolute Gasteiger partial charge is 0.339 e. The molecule has 2 aromatic carbocycles. The SMILES string of the molecule is C[C@@H](c1nc2c(F)cc(F)c(F)c2[nH]1)[C@H]1CC[C@@H](c2ccnc3ccc(F)cc32)CC1. The number of halogens is 4. The van der Waals surface area contributed by atoms with E-state index in [0.717, 1.165) is 42.1 Å². The molecular weight excluding hydrogens is 406 g/mol. The van der Waals surface area contributed by atoms with Crippen molar-refractivity contribution in [3.63, 3.8) is 0 Å². The van der Waals surface area contributed by atoms with Crippen molar-refractivity contribution in [3.05, 3.63) is 71.2 Å². The summed E-state index contributed by atoms with van der Waals surface area (Å²) in [5.74, 6) is -2.49. The summed E-state index contributed by atoms with van der Waals surface area (Å²) in [5, 5.41) is 0.851. The summed E-state index contributed by atoms with van der Waals surface area (Å²) in [6.45, 7) is 1.98. The Morgan fingerprint density at radius 1 is 0.968 bits per heavy atom. The van der Waals surface area contributed by atoms with Crippen LogP contribution in [0.4, 0.5) is 17.6 Å². The van der Waals surface area contributed by atoms with Gasteiger partial charge in [-0.25, -0.2) is 22.5 Å². The minimum atomic E-state index is -1.23. The fourth-order valence-corrected chi connectivity index (χ4v) is 4.95. The quantitative estimate of drug-likeness (QED) is 0.290. The third-order valence-electron chi connectivity index (χ3n) is 6.72. The standard InChI is InChI=1S/C24H21F4N3/c1-12(24-30-22-19(27)11-18(26)21(28)23(22)31-24)13-2-4-14(5-3-13)16-8-9-29-20-7-6-15(25)10-17(16)20/h6-14H,2-5H2,1H3,(H,30,31)/t12-,13-,14+/m1/s1. The number of rotatable bonds is 3. The maximum Gasteiger partial charge on any atom is 0.184 e. The number of hydrogen-bond donors (Lipinski definition) is 1. The highest BCUT2D eigenvalue weighted by Crippen LogP contribution is 2.43. The second-order valence-electron chi connectivity index (χ2n) is 8.46. The fraction of sp³-hybridized carbons (Fsp3) is 0.333. The first kappa shape index (κ1) is 20.0. The third-order valence-corrected chi connectivity index (χ3v) is 6.72. The van der Waals surface area contributed by atoms with E-state index in [1.54, 1.807) is 18.3 Å². The number of pyridine rings is 1. The number of fused-ring (bicyclic) bond motifs is 2. The Labute approximate surface area is 176 Å². The first-order chi connectivity index (χ1) is 14.9. The molecule has 1 saturated carbocycles. The molecule has 31 heavy (non-hydrogen) atoms. The van der Waals surface area contributed by atoms with E-state index >= 15 is 0 Å². The van der Waals surface area contributed by atoms with Crippen LogP contribution in [0.25, 0.3) is 21.9 Å². The highest BCUT2D eigenvalue weighted by atomic mass is 19.2. The summed E-state index contributed by atoms with van der Waals surface area (Å²) in [7, 11) is 0. The molecular formula is C24H21F4N3. The summed E-state index contributed by atoms with van der Waals surface area (Å²) in [6, 6.07) is 7.16. The Morgan fingerprint density at radius 2 is 1.74 bits per heavy atom. The second-order valence-corrected chi connectivity index (χ2v) is 8.46. The number of benzene rings is 2. The van der Waals surface area contributed by atoms with Crippen LogP contribution in [0.3, 0.4) is 0 Å². The molecule has 0 spiro atoms. The topological polar surface area (TPSA) is 41.6 Å². The van der Waals surface area contributed by atoms with Gasteiger partial charge in [0.25, 0.3) is 0 Å². The van der Waals surface area contributed by atoms with Gasteiger partial charge in [-0.15, -0.1) is 0 Å². The molecule has 0 aliphatic heterocycles. The zero-order valence-corrected chi connectivity index (χ0v) is 16.9. The average Bonchev–Trinajstić information content (AvgIpc) is 3.23. The normalized spacial score (nSPS) is 20.4. The average molecular weight is 427 g/mol. The Kier molecular flexibility index (Phi) is 4.91. The summed E-state index contributed by atoms with van der Waals surface area (Å²) < 4.78 is 55.4.